The highest BCUT2D eigenvalue weighted by molar-refractivity contribution is 7.92. The third-order valence-corrected chi connectivity index (χ3v) is 4.78. The van der Waals surface area contributed by atoms with Gasteiger partial charge in [-0.15, -0.1) is 0 Å². The Kier molecular flexibility index (Phi) is 4.94. The lowest BCUT2D eigenvalue weighted by atomic mass is 9.94. The van der Waals surface area contributed by atoms with Crippen molar-refractivity contribution in [2.75, 3.05) is 10.5 Å². The van der Waals surface area contributed by atoms with Crippen molar-refractivity contribution in [2.24, 2.45) is 5.41 Å². The van der Waals surface area contributed by atoms with Crippen molar-refractivity contribution in [1.29, 1.82) is 0 Å². The minimum Gasteiger partial charge on any atom is -0.310 e. The summed E-state index contributed by atoms with van der Waals surface area (Å²) >= 11 is 0. The zero-order valence-electron chi connectivity index (χ0n) is 13.1. The van der Waals surface area contributed by atoms with E-state index in [1.54, 1.807) is 6.07 Å². The Morgan fingerprint density at radius 2 is 1.95 bits per heavy atom. The maximum Gasteiger partial charge on any atom is 0.232 e. The molecule has 0 aromatic heterocycles. The quantitative estimate of drug-likeness (QED) is 0.813. The summed E-state index contributed by atoms with van der Waals surface area (Å²) < 4.78 is 26.9. The average Bonchev–Trinajstić information content (AvgIpc) is 3.17. The first kappa shape index (κ1) is 16.3. The molecule has 1 saturated carbocycles. The van der Waals surface area contributed by atoms with Gasteiger partial charge in [0.05, 0.1) is 5.75 Å². The molecule has 0 unspecified atom stereocenters. The lowest BCUT2D eigenvalue weighted by Crippen LogP contribution is -2.21. The number of sulfonamides is 1. The molecule has 118 valence electrons. The predicted molar refractivity (Wildman–Crippen MR) is 87.8 cm³/mol. The fourth-order valence-electron chi connectivity index (χ4n) is 1.97. The minimum absolute atomic E-state index is 0.0186. The van der Waals surface area contributed by atoms with Crippen molar-refractivity contribution in [2.45, 2.75) is 52.6 Å². The van der Waals surface area contributed by atoms with Gasteiger partial charge in [-0.2, -0.15) is 0 Å². The fourth-order valence-corrected chi connectivity index (χ4v) is 3.43. The van der Waals surface area contributed by atoms with Gasteiger partial charge in [-0.3, -0.25) is 4.72 Å². The van der Waals surface area contributed by atoms with Crippen LogP contribution in [0.25, 0.3) is 0 Å². The topological polar surface area (TPSA) is 58.2 Å². The van der Waals surface area contributed by atoms with Gasteiger partial charge in [0.2, 0.25) is 10.0 Å². The monoisotopic (exact) mass is 310 g/mol. The van der Waals surface area contributed by atoms with E-state index in [1.165, 1.54) is 12.8 Å². The van der Waals surface area contributed by atoms with Gasteiger partial charge < -0.3 is 5.32 Å². The molecule has 1 aromatic rings. The zero-order valence-corrected chi connectivity index (χ0v) is 14.0. The molecule has 0 heterocycles. The van der Waals surface area contributed by atoms with E-state index < -0.39 is 10.0 Å². The van der Waals surface area contributed by atoms with E-state index in [4.69, 9.17) is 0 Å². The molecule has 0 bridgehead atoms. The Balaban J connectivity index is 1.92. The molecule has 2 rings (SSSR count). The molecular weight excluding hydrogens is 284 g/mol. The van der Waals surface area contributed by atoms with E-state index >= 15 is 0 Å². The summed E-state index contributed by atoms with van der Waals surface area (Å²) in [6.45, 7) is 6.94. The molecule has 4 nitrogen and oxygen atoms in total. The normalized spacial score (nSPS) is 16.0. The van der Waals surface area contributed by atoms with E-state index in [-0.39, 0.29) is 11.2 Å². The van der Waals surface area contributed by atoms with E-state index in [0.29, 0.717) is 18.2 Å². The van der Waals surface area contributed by atoms with Crippen molar-refractivity contribution in [3.63, 3.8) is 0 Å². The summed E-state index contributed by atoms with van der Waals surface area (Å²) in [4.78, 5) is 0. The molecule has 0 atom stereocenters. The Hall–Kier alpha value is -1.07. The third-order valence-electron chi connectivity index (χ3n) is 3.49. The standard InChI is InChI=1S/C16H26N2O2S/c1-16(2,3)9-10-21(19,20)18-15-6-4-5-13(11-15)12-17-14-7-8-14/h4-6,11,14,17-18H,7-10,12H2,1-3H3. The molecular formula is C16H26N2O2S. The molecule has 1 aliphatic rings. The first-order chi connectivity index (χ1) is 9.73. The Labute approximate surface area is 128 Å². The van der Waals surface area contributed by atoms with Crippen molar-refractivity contribution >= 4 is 15.7 Å². The lowest BCUT2D eigenvalue weighted by Gasteiger charge is -2.18. The summed E-state index contributed by atoms with van der Waals surface area (Å²) in [5.74, 6) is 0.154. The predicted octanol–water partition coefficient (Wildman–Crippen LogP) is 3.12. The van der Waals surface area contributed by atoms with Gasteiger partial charge in [-0.25, -0.2) is 8.42 Å². The summed E-state index contributed by atoms with van der Waals surface area (Å²) in [5.41, 5.74) is 1.78. The van der Waals surface area contributed by atoms with Crippen molar-refractivity contribution < 1.29 is 8.42 Å². The average molecular weight is 310 g/mol. The molecule has 0 spiro atoms. The lowest BCUT2D eigenvalue weighted by molar-refractivity contribution is 0.397. The van der Waals surface area contributed by atoms with Crippen LogP contribution in [0.3, 0.4) is 0 Å². The third kappa shape index (κ3) is 6.48. The van der Waals surface area contributed by atoms with Gasteiger partial charge in [-0.1, -0.05) is 32.9 Å². The van der Waals surface area contributed by atoms with Crippen LogP contribution in [-0.2, 0) is 16.6 Å². The molecule has 0 aliphatic heterocycles. The van der Waals surface area contributed by atoms with Crippen LogP contribution in [0.15, 0.2) is 24.3 Å². The summed E-state index contributed by atoms with van der Waals surface area (Å²) in [7, 11) is -3.27. The summed E-state index contributed by atoms with van der Waals surface area (Å²) in [6.07, 6.45) is 3.14. The van der Waals surface area contributed by atoms with Crippen LogP contribution >= 0.6 is 0 Å². The molecule has 0 saturated heterocycles. The van der Waals surface area contributed by atoms with Gasteiger partial charge in [0.1, 0.15) is 0 Å². The van der Waals surface area contributed by atoms with Gasteiger partial charge in [0, 0.05) is 18.3 Å². The van der Waals surface area contributed by atoms with E-state index in [9.17, 15) is 8.42 Å². The smallest absolute Gasteiger partial charge is 0.232 e. The Morgan fingerprint density at radius 1 is 1.24 bits per heavy atom. The maximum absolute atomic E-state index is 12.1. The molecule has 0 amide bonds. The highest BCUT2D eigenvalue weighted by Gasteiger charge is 2.20. The largest absolute Gasteiger partial charge is 0.310 e. The highest BCUT2D eigenvalue weighted by Crippen LogP contribution is 2.21. The molecule has 21 heavy (non-hydrogen) atoms. The summed E-state index contributed by atoms with van der Waals surface area (Å²) in [6, 6.07) is 8.27. The maximum atomic E-state index is 12.1. The summed E-state index contributed by atoms with van der Waals surface area (Å²) in [5, 5.41) is 3.43. The molecule has 1 fully saturated rings. The highest BCUT2D eigenvalue weighted by atomic mass is 32.2. The second-order valence-corrected chi connectivity index (χ2v) is 8.93. The van der Waals surface area contributed by atoms with E-state index in [0.717, 1.165) is 12.1 Å². The molecule has 1 aromatic carbocycles. The molecule has 0 radical (unpaired) electrons. The van der Waals surface area contributed by atoms with Crippen LogP contribution in [0, 0.1) is 5.41 Å². The number of rotatable bonds is 7. The number of hydrogen-bond donors (Lipinski definition) is 2. The van der Waals surface area contributed by atoms with Crippen LogP contribution in [0.4, 0.5) is 5.69 Å². The van der Waals surface area contributed by atoms with Gasteiger partial charge >= 0.3 is 0 Å². The number of benzene rings is 1. The van der Waals surface area contributed by atoms with Gasteiger partial charge in [-0.05, 0) is 42.4 Å². The number of anilines is 1. The van der Waals surface area contributed by atoms with Crippen LogP contribution < -0.4 is 10.0 Å². The van der Waals surface area contributed by atoms with Crippen LogP contribution in [-0.4, -0.2) is 20.2 Å². The van der Waals surface area contributed by atoms with Gasteiger partial charge in [0.15, 0.2) is 0 Å². The van der Waals surface area contributed by atoms with Crippen molar-refractivity contribution in [3.8, 4) is 0 Å². The molecule has 1 aliphatic carbocycles. The van der Waals surface area contributed by atoms with E-state index in [1.807, 2.05) is 39.0 Å². The molecule has 2 N–H and O–H groups in total. The molecule has 5 heteroatoms. The van der Waals surface area contributed by atoms with Crippen LogP contribution in [0.2, 0.25) is 0 Å². The second kappa shape index (κ2) is 6.36. The first-order valence-corrected chi connectivity index (χ1v) is 9.22. The Bertz CT molecular complexity index is 572. The SMILES string of the molecule is CC(C)(C)CCS(=O)(=O)Nc1cccc(CNC2CC2)c1. The first-order valence-electron chi connectivity index (χ1n) is 7.56. The second-order valence-electron chi connectivity index (χ2n) is 7.09. The van der Waals surface area contributed by atoms with Crippen molar-refractivity contribution in [1.82, 2.24) is 5.32 Å². The van der Waals surface area contributed by atoms with Crippen molar-refractivity contribution in [3.05, 3.63) is 29.8 Å². The zero-order chi connectivity index (χ0) is 15.5. The fraction of sp³-hybridized carbons (Fsp3) is 0.625. The Morgan fingerprint density at radius 3 is 2.57 bits per heavy atom. The van der Waals surface area contributed by atoms with E-state index in [2.05, 4.69) is 10.0 Å². The minimum atomic E-state index is -3.27. The van der Waals surface area contributed by atoms with Gasteiger partial charge in [0.25, 0.3) is 0 Å². The van der Waals surface area contributed by atoms with Crippen LogP contribution in [0.1, 0.15) is 45.6 Å². The van der Waals surface area contributed by atoms with Crippen LogP contribution in [0.5, 0.6) is 0 Å². The number of hydrogen-bond acceptors (Lipinski definition) is 3. The number of nitrogens with one attached hydrogen (secondary N) is 2.